The van der Waals surface area contributed by atoms with E-state index in [1.54, 1.807) is 4.90 Å². The number of carbonyl (C=O) groups excluding carboxylic acids is 3. The highest BCUT2D eigenvalue weighted by molar-refractivity contribution is 6.09. The van der Waals surface area contributed by atoms with Crippen LogP contribution in [0.2, 0.25) is 0 Å². The quantitative estimate of drug-likeness (QED) is 0.717. The van der Waals surface area contributed by atoms with E-state index in [2.05, 4.69) is 29.0 Å². The van der Waals surface area contributed by atoms with Gasteiger partial charge in [-0.25, -0.2) is 14.8 Å². The average molecular weight is 443 g/mol. The Labute approximate surface area is 189 Å². The van der Waals surface area contributed by atoms with Crippen molar-refractivity contribution in [2.75, 3.05) is 37.6 Å². The fourth-order valence-electron chi connectivity index (χ4n) is 5.05. The molecule has 1 spiro atoms. The topological polar surface area (TPSA) is 98.7 Å². The highest BCUT2D eigenvalue weighted by Gasteiger charge is 2.55. The molecule has 3 aliphatic rings. The monoisotopic (exact) mass is 442 g/mol. The minimum absolute atomic E-state index is 0.0865. The number of hydrogen-bond acceptors (Lipinski definition) is 6. The van der Waals surface area contributed by atoms with Crippen molar-refractivity contribution in [1.29, 1.82) is 0 Å². The minimum Gasteiger partial charge on any atom is -0.353 e. The van der Waals surface area contributed by atoms with Gasteiger partial charge in [0.05, 0.1) is 0 Å². The summed E-state index contributed by atoms with van der Waals surface area (Å²) in [7, 11) is 0. The first-order chi connectivity index (χ1) is 15.2. The van der Waals surface area contributed by atoms with Gasteiger partial charge in [0.15, 0.2) is 0 Å². The number of imide groups is 1. The fourth-order valence-corrected chi connectivity index (χ4v) is 5.05. The van der Waals surface area contributed by atoms with E-state index in [0.717, 1.165) is 41.5 Å². The molecule has 3 fully saturated rings. The van der Waals surface area contributed by atoms with Crippen molar-refractivity contribution in [1.82, 2.24) is 25.1 Å². The summed E-state index contributed by atoms with van der Waals surface area (Å²) < 4.78 is 0. The molecule has 0 bridgehead atoms. The van der Waals surface area contributed by atoms with Crippen LogP contribution in [0.5, 0.6) is 0 Å². The predicted molar refractivity (Wildman–Crippen MR) is 120 cm³/mol. The SMILES string of the molecule is Cc1cc(N2CCN(C(=O)CN3C(=O)N[C@]4(CCCC[C@@H]4C)C3=O)CC2)nc(C(C)C)n1. The first-order valence-corrected chi connectivity index (χ1v) is 11.7. The lowest BCUT2D eigenvalue weighted by Crippen LogP contribution is -2.55. The molecular weight excluding hydrogens is 408 g/mol. The number of piperazine rings is 1. The van der Waals surface area contributed by atoms with Gasteiger partial charge >= 0.3 is 6.03 Å². The molecule has 3 heterocycles. The Morgan fingerprint density at radius 2 is 1.91 bits per heavy atom. The van der Waals surface area contributed by atoms with Gasteiger partial charge in [-0.3, -0.25) is 14.5 Å². The molecule has 4 amide bonds. The van der Waals surface area contributed by atoms with Crippen molar-refractivity contribution < 1.29 is 14.4 Å². The first kappa shape index (κ1) is 22.5. The zero-order chi connectivity index (χ0) is 23.0. The number of carbonyl (C=O) groups is 3. The number of hydrogen-bond donors (Lipinski definition) is 1. The zero-order valence-electron chi connectivity index (χ0n) is 19.6. The third-order valence-corrected chi connectivity index (χ3v) is 7.13. The van der Waals surface area contributed by atoms with Crippen LogP contribution in [0.15, 0.2) is 6.07 Å². The Morgan fingerprint density at radius 3 is 2.56 bits per heavy atom. The van der Waals surface area contributed by atoms with Crippen molar-refractivity contribution in [2.45, 2.75) is 64.8 Å². The lowest BCUT2D eigenvalue weighted by Gasteiger charge is -2.37. The summed E-state index contributed by atoms with van der Waals surface area (Å²) in [6.45, 7) is 10.3. The standard InChI is InChI=1S/C23H34N6O3/c1-15(2)20-24-17(4)13-18(25-20)27-9-11-28(12-10-27)19(30)14-29-21(31)23(26-22(29)32)8-6-5-7-16(23)3/h13,15-16H,5-12,14H2,1-4H3,(H,26,32)/t16-,23-/m0/s1. The Hall–Kier alpha value is -2.71. The molecule has 174 valence electrons. The highest BCUT2D eigenvalue weighted by atomic mass is 16.2. The van der Waals surface area contributed by atoms with Crippen molar-refractivity contribution in [3.63, 3.8) is 0 Å². The first-order valence-electron chi connectivity index (χ1n) is 11.7. The number of anilines is 1. The minimum atomic E-state index is -0.826. The summed E-state index contributed by atoms with van der Waals surface area (Å²) in [5.74, 6) is 1.62. The van der Waals surface area contributed by atoms with Crippen molar-refractivity contribution in [3.8, 4) is 0 Å². The molecule has 1 aromatic heterocycles. The Kier molecular flexibility index (Phi) is 6.09. The van der Waals surface area contributed by atoms with Crippen molar-refractivity contribution in [2.24, 2.45) is 5.92 Å². The second-order valence-corrected chi connectivity index (χ2v) is 9.69. The fraction of sp³-hybridized carbons (Fsp3) is 0.696. The molecule has 1 N–H and O–H groups in total. The molecule has 0 radical (unpaired) electrons. The summed E-state index contributed by atoms with van der Waals surface area (Å²) in [6.07, 6.45) is 3.55. The van der Waals surface area contributed by atoms with Crippen LogP contribution in [0, 0.1) is 12.8 Å². The van der Waals surface area contributed by atoms with E-state index in [-0.39, 0.29) is 30.2 Å². The van der Waals surface area contributed by atoms with Gasteiger partial charge in [-0.05, 0) is 25.7 Å². The van der Waals surface area contributed by atoms with Gasteiger partial charge in [0, 0.05) is 43.9 Å². The molecule has 4 rings (SSSR count). The molecule has 9 heteroatoms. The maximum atomic E-state index is 13.1. The number of nitrogens with zero attached hydrogens (tertiary/aromatic N) is 5. The van der Waals surface area contributed by atoms with Gasteiger partial charge in [-0.1, -0.05) is 33.6 Å². The van der Waals surface area contributed by atoms with Crippen LogP contribution in [-0.2, 0) is 9.59 Å². The van der Waals surface area contributed by atoms with E-state index in [0.29, 0.717) is 32.6 Å². The Bertz CT molecular complexity index is 911. The number of rotatable bonds is 4. The molecule has 1 aromatic rings. The predicted octanol–water partition coefficient (Wildman–Crippen LogP) is 2.06. The molecule has 2 saturated heterocycles. The summed E-state index contributed by atoms with van der Waals surface area (Å²) in [4.78, 5) is 52.9. The third kappa shape index (κ3) is 4.04. The van der Waals surface area contributed by atoms with Crippen LogP contribution in [0.1, 0.15) is 63.9 Å². The molecule has 1 saturated carbocycles. The van der Waals surface area contributed by atoms with Gasteiger partial charge in [0.25, 0.3) is 5.91 Å². The van der Waals surface area contributed by atoms with E-state index in [1.165, 1.54) is 0 Å². The van der Waals surface area contributed by atoms with Crippen LogP contribution >= 0.6 is 0 Å². The van der Waals surface area contributed by atoms with E-state index in [9.17, 15) is 14.4 Å². The molecule has 2 atom stereocenters. The van der Waals surface area contributed by atoms with E-state index in [4.69, 9.17) is 4.98 Å². The third-order valence-electron chi connectivity index (χ3n) is 7.13. The molecular formula is C23H34N6O3. The number of aryl methyl sites for hydroxylation is 1. The lowest BCUT2D eigenvalue weighted by molar-refractivity contribution is -0.140. The maximum Gasteiger partial charge on any atom is 0.325 e. The Balaban J connectivity index is 1.37. The molecule has 1 aliphatic carbocycles. The molecule has 9 nitrogen and oxygen atoms in total. The zero-order valence-corrected chi connectivity index (χ0v) is 19.6. The van der Waals surface area contributed by atoms with Gasteiger partial charge in [-0.2, -0.15) is 0 Å². The number of nitrogens with one attached hydrogen (secondary N) is 1. The summed E-state index contributed by atoms with van der Waals surface area (Å²) in [5, 5.41) is 2.92. The summed E-state index contributed by atoms with van der Waals surface area (Å²) >= 11 is 0. The second kappa shape index (κ2) is 8.67. The van der Waals surface area contributed by atoms with Gasteiger partial charge < -0.3 is 15.1 Å². The van der Waals surface area contributed by atoms with Crippen molar-refractivity contribution in [3.05, 3.63) is 17.6 Å². The van der Waals surface area contributed by atoms with Gasteiger partial charge in [-0.15, -0.1) is 0 Å². The molecule has 0 unspecified atom stereocenters. The van der Waals surface area contributed by atoms with E-state index >= 15 is 0 Å². The lowest BCUT2D eigenvalue weighted by atomic mass is 9.73. The Morgan fingerprint density at radius 1 is 1.19 bits per heavy atom. The van der Waals surface area contributed by atoms with E-state index < -0.39 is 11.6 Å². The van der Waals surface area contributed by atoms with Crippen LogP contribution in [0.4, 0.5) is 10.6 Å². The molecule has 32 heavy (non-hydrogen) atoms. The number of aromatic nitrogens is 2. The highest BCUT2D eigenvalue weighted by Crippen LogP contribution is 2.38. The van der Waals surface area contributed by atoms with Crippen LogP contribution in [0.25, 0.3) is 0 Å². The maximum absolute atomic E-state index is 13.1. The largest absolute Gasteiger partial charge is 0.353 e. The van der Waals surface area contributed by atoms with E-state index in [1.807, 2.05) is 19.9 Å². The number of urea groups is 1. The average Bonchev–Trinajstić information content (AvgIpc) is 3.00. The van der Waals surface area contributed by atoms with Crippen LogP contribution < -0.4 is 10.2 Å². The second-order valence-electron chi connectivity index (χ2n) is 9.69. The van der Waals surface area contributed by atoms with Crippen LogP contribution in [0.3, 0.4) is 0 Å². The molecule has 2 aliphatic heterocycles. The molecule has 0 aromatic carbocycles. The smallest absolute Gasteiger partial charge is 0.325 e. The number of amides is 4. The summed E-state index contributed by atoms with van der Waals surface area (Å²) in [6, 6.07) is 1.54. The van der Waals surface area contributed by atoms with Crippen LogP contribution in [-0.4, -0.2) is 75.9 Å². The summed E-state index contributed by atoms with van der Waals surface area (Å²) in [5.41, 5.74) is 0.106. The van der Waals surface area contributed by atoms with Gasteiger partial charge in [0.1, 0.15) is 23.7 Å². The van der Waals surface area contributed by atoms with Crippen molar-refractivity contribution >= 4 is 23.7 Å². The normalized spacial score (nSPS) is 26.3. The van der Waals surface area contributed by atoms with Gasteiger partial charge in [0.2, 0.25) is 5.91 Å².